The molecule has 2 aromatic carbocycles. The van der Waals surface area contributed by atoms with Crippen LogP contribution in [0.15, 0.2) is 54.6 Å². The van der Waals surface area contributed by atoms with Gasteiger partial charge in [-0.3, -0.25) is 0 Å². The maximum Gasteiger partial charge on any atom is 0.234 e. The molecule has 0 spiro atoms. The van der Waals surface area contributed by atoms with Crippen molar-refractivity contribution >= 4 is 16.3 Å². The Hall–Kier alpha value is -2.57. The first-order valence-electron chi connectivity index (χ1n) is 7.71. The predicted molar refractivity (Wildman–Crippen MR) is 95.1 cm³/mol. The molecule has 4 rings (SSSR count). The number of ether oxygens (including phenoxy) is 1. The van der Waals surface area contributed by atoms with Crippen molar-refractivity contribution < 1.29 is 4.74 Å². The number of methoxy groups -OCH3 is 1. The fourth-order valence-corrected chi connectivity index (χ4v) is 3.42. The normalized spacial score (nSPS) is 11.2. The molecule has 0 N–H and O–H groups in total. The Kier molecular flexibility index (Phi) is 4.06. The zero-order valence-corrected chi connectivity index (χ0v) is 14.0. The molecule has 6 heteroatoms. The van der Waals surface area contributed by atoms with Gasteiger partial charge in [0.15, 0.2) is 5.82 Å². The summed E-state index contributed by atoms with van der Waals surface area (Å²) in [6.45, 7) is 0.611. The lowest BCUT2D eigenvalue weighted by molar-refractivity contribution is 0.200. The van der Waals surface area contributed by atoms with Crippen molar-refractivity contribution in [3.63, 3.8) is 0 Å². The summed E-state index contributed by atoms with van der Waals surface area (Å²) in [4.78, 5) is 0.809. The van der Waals surface area contributed by atoms with Crippen molar-refractivity contribution in [2.45, 2.75) is 6.42 Å². The van der Waals surface area contributed by atoms with Crippen LogP contribution in [0.2, 0.25) is 0 Å². The fraction of sp³-hybridized carbons (Fsp3) is 0.167. The summed E-state index contributed by atoms with van der Waals surface area (Å²) in [5, 5.41) is 14.0. The highest BCUT2D eigenvalue weighted by molar-refractivity contribution is 7.19. The molecule has 0 bridgehead atoms. The van der Waals surface area contributed by atoms with E-state index < -0.39 is 0 Å². The highest BCUT2D eigenvalue weighted by Crippen LogP contribution is 2.28. The molecule has 120 valence electrons. The van der Waals surface area contributed by atoms with Crippen LogP contribution < -0.4 is 0 Å². The van der Waals surface area contributed by atoms with Crippen LogP contribution in [-0.2, 0) is 11.2 Å². The molecule has 0 unspecified atom stereocenters. The second-order valence-electron chi connectivity index (χ2n) is 5.40. The number of benzene rings is 2. The summed E-state index contributed by atoms with van der Waals surface area (Å²) >= 11 is 1.54. The van der Waals surface area contributed by atoms with Gasteiger partial charge in [0, 0.05) is 19.1 Å². The van der Waals surface area contributed by atoms with E-state index in [1.807, 2.05) is 22.7 Å². The van der Waals surface area contributed by atoms with Crippen molar-refractivity contribution in [1.29, 1.82) is 0 Å². The molecule has 0 aliphatic heterocycles. The number of fused-ring (bicyclic) bond motifs is 1. The summed E-state index contributed by atoms with van der Waals surface area (Å²) in [6, 6.07) is 18.8. The lowest BCUT2D eigenvalue weighted by Crippen LogP contribution is -2.01. The van der Waals surface area contributed by atoms with E-state index in [0.29, 0.717) is 13.0 Å². The van der Waals surface area contributed by atoms with Gasteiger partial charge in [0.05, 0.1) is 6.61 Å². The second kappa shape index (κ2) is 6.51. The molecular formula is C18H16N4OS. The van der Waals surface area contributed by atoms with Crippen LogP contribution in [-0.4, -0.2) is 33.5 Å². The van der Waals surface area contributed by atoms with Crippen molar-refractivity contribution in [1.82, 2.24) is 19.8 Å². The topological polar surface area (TPSA) is 52.3 Å². The van der Waals surface area contributed by atoms with E-state index in [-0.39, 0.29) is 0 Å². The minimum absolute atomic E-state index is 0.611. The van der Waals surface area contributed by atoms with Gasteiger partial charge in [-0.25, -0.2) is 0 Å². The Bertz CT molecular complexity index is 944. The number of aromatic nitrogens is 4. The maximum absolute atomic E-state index is 5.11. The van der Waals surface area contributed by atoms with Crippen LogP contribution >= 0.6 is 11.3 Å². The summed E-state index contributed by atoms with van der Waals surface area (Å²) in [5.41, 5.74) is 3.50. The van der Waals surface area contributed by atoms with Crippen LogP contribution in [0.25, 0.3) is 26.7 Å². The third-order valence-electron chi connectivity index (χ3n) is 3.82. The average Bonchev–Trinajstić information content (AvgIpc) is 3.22. The Morgan fingerprint density at radius 1 is 0.917 bits per heavy atom. The zero-order chi connectivity index (χ0) is 16.4. The van der Waals surface area contributed by atoms with Crippen LogP contribution in [0.5, 0.6) is 0 Å². The second-order valence-corrected chi connectivity index (χ2v) is 6.36. The SMILES string of the molecule is COCCc1nnc2sc(-c3ccc(-c4ccccc4)cc3)nn12. The third kappa shape index (κ3) is 2.81. The first kappa shape index (κ1) is 15.0. The average molecular weight is 336 g/mol. The molecule has 4 aromatic rings. The summed E-state index contributed by atoms with van der Waals surface area (Å²) in [7, 11) is 1.68. The van der Waals surface area contributed by atoms with Gasteiger partial charge in [-0.15, -0.1) is 10.2 Å². The number of hydrogen-bond acceptors (Lipinski definition) is 5. The van der Waals surface area contributed by atoms with Crippen molar-refractivity contribution in [2.75, 3.05) is 13.7 Å². The molecule has 0 aliphatic carbocycles. The molecule has 24 heavy (non-hydrogen) atoms. The largest absolute Gasteiger partial charge is 0.384 e. The van der Waals surface area contributed by atoms with Crippen LogP contribution in [0.3, 0.4) is 0 Å². The van der Waals surface area contributed by atoms with Crippen LogP contribution in [0.1, 0.15) is 5.82 Å². The maximum atomic E-state index is 5.11. The molecule has 0 radical (unpaired) electrons. The smallest absolute Gasteiger partial charge is 0.234 e. The quantitative estimate of drug-likeness (QED) is 0.557. The lowest BCUT2D eigenvalue weighted by Gasteiger charge is -2.02. The summed E-state index contributed by atoms with van der Waals surface area (Å²) in [6.07, 6.45) is 0.702. The van der Waals surface area contributed by atoms with Gasteiger partial charge in [-0.2, -0.15) is 9.61 Å². The molecule has 0 saturated heterocycles. The molecule has 2 heterocycles. The third-order valence-corrected chi connectivity index (χ3v) is 4.77. The number of nitrogens with zero attached hydrogens (tertiary/aromatic N) is 4. The number of rotatable bonds is 5. The Labute approximate surface area is 143 Å². The highest BCUT2D eigenvalue weighted by Gasteiger charge is 2.12. The Morgan fingerprint density at radius 3 is 2.38 bits per heavy atom. The van der Waals surface area contributed by atoms with E-state index in [1.54, 1.807) is 18.4 Å². The molecule has 0 fully saturated rings. The summed E-state index contributed by atoms with van der Waals surface area (Å²) < 4.78 is 6.91. The van der Waals surface area contributed by atoms with Crippen molar-refractivity contribution in [3.8, 4) is 21.7 Å². The minimum Gasteiger partial charge on any atom is -0.384 e. The van der Waals surface area contributed by atoms with E-state index >= 15 is 0 Å². The van der Waals surface area contributed by atoms with Gasteiger partial charge in [0.2, 0.25) is 4.96 Å². The molecular weight excluding hydrogens is 320 g/mol. The first-order valence-corrected chi connectivity index (χ1v) is 8.53. The molecule has 0 amide bonds. The van der Waals surface area contributed by atoms with Crippen LogP contribution in [0.4, 0.5) is 0 Å². The van der Waals surface area contributed by atoms with Gasteiger partial charge >= 0.3 is 0 Å². The minimum atomic E-state index is 0.611. The monoisotopic (exact) mass is 336 g/mol. The molecule has 0 saturated carbocycles. The molecule has 2 aromatic heterocycles. The Morgan fingerprint density at radius 2 is 1.62 bits per heavy atom. The van der Waals surface area contributed by atoms with Crippen LogP contribution in [0, 0.1) is 0 Å². The van der Waals surface area contributed by atoms with Gasteiger partial charge < -0.3 is 4.74 Å². The van der Waals surface area contributed by atoms with E-state index in [1.165, 1.54) is 11.1 Å². The molecule has 5 nitrogen and oxygen atoms in total. The van der Waals surface area contributed by atoms with Crippen molar-refractivity contribution in [3.05, 3.63) is 60.4 Å². The predicted octanol–water partition coefficient (Wildman–Crippen LogP) is 3.71. The number of hydrogen-bond donors (Lipinski definition) is 0. The van der Waals surface area contributed by atoms with E-state index in [9.17, 15) is 0 Å². The highest BCUT2D eigenvalue weighted by atomic mass is 32.1. The zero-order valence-electron chi connectivity index (χ0n) is 13.2. The van der Waals surface area contributed by atoms with Gasteiger partial charge in [0.1, 0.15) is 5.01 Å². The van der Waals surface area contributed by atoms with E-state index in [4.69, 9.17) is 4.74 Å². The summed E-state index contributed by atoms with van der Waals surface area (Å²) in [5.74, 6) is 0.829. The Balaban J connectivity index is 1.64. The van der Waals surface area contributed by atoms with E-state index in [2.05, 4.69) is 51.7 Å². The standard InChI is InChI=1S/C18H16N4OS/c1-23-12-11-16-19-20-18-22(16)21-17(24-18)15-9-7-14(8-10-15)13-5-3-2-4-6-13/h2-10H,11-12H2,1H3. The van der Waals surface area contributed by atoms with Gasteiger partial charge in [-0.05, 0) is 11.1 Å². The first-order chi connectivity index (χ1) is 11.8. The van der Waals surface area contributed by atoms with Gasteiger partial charge in [-0.1, -0.05) is 65.9 Å². The molecule has 0 atom stereocenters. The fourth-order valence-electron chi connectivity index (χ4n) is 2.56. The molecule has 0 aliphatic rings. The van der Waals surface area contributed by atoms with Gasteiger partial charge in [0.25, 0.3) is 0 Å². The van der Waals surface area contributed by atoms with E-state index in [0.717, 1.165) is 21.4 Å². The van der Waals surface area contributed by atoms with Crippen molar-refractivity contribution in [2.24, 2.45) is 0 Å². The lowest BCUT2D eigenvalue weighted by atomic mass is 10.0.